The summed E-state index contributed by atoms with van der Waals surface area (Å²) in [7, 11) is 0. The van der Waals surface area contributed by atoms with Crippen molar-refractivity contribution in [3.05, 3.63) is 0 Å². The molecule has 0 aromatic rings. The zero-order valence-electron chi connectivity index (χ0n) is 10.6. The Labute approximate surface area is 111 Å². The molecule has 0 radical (unpaired) electrons. The van der Waals surface area contributed by atoms with Crippen molar-refractivity contribution >= 4 is 23.6 Å². The highest BCUT2D eigenvalue weighted by atomic mass is 32.2. The van der Waals surface area contributed by atoms with E-state index in [1.807, 2.05) is 6.92 Å². The first-order chi connectivity index (χ1) is 8.60. The van der Waals surface area contributed by atoms with E-state index in [2.05, 4.69) is 5.32 Å². The van der Waals surface area contributed by atoms with Crippen molar-refractivity contribution in [2.24, 2.45) is 5.41 Å². The van der Waals surface area contributed by atoms with Crippen molar-refractivity contribution in [2.75, 3.05) is 24.7 Å². The number of aliphatic carboxylic acids is 1. The maximum absolute atomic E-state index is 12.7. The summed E-state index contributed by atoms with van der Waals surface area (Å²) in [5.74, 6) is 0.196. The van der Waals surface area contributed by atoms with Gasteiger partial charge in [0.2, 0.25) is 5.91 Å². The lowest BCUT2D eigenvalue weighted by Crippen LogP contribution is -2.52. The third-order valence-electron chi connectivity index (χ3n) is 4.12. The number of carbonyl (C=O) groups is 2. The van der Waals surface area contributed by atoms with Crippen LogP contribution in [0.1, 0.15) is 26.2 Å². The topological polar surface area (TPSA) is 69.6 Å². The van der Waals surface area contributed by atoms with Gasteiger partial charge in [-0.3, -0.25) is 4.79 Å². The molecule has 2 saturated heterocycles. The molecule has 102 valence electrons. The molecular weight excluding hydrogens is 252 g/mol. The summed E-state index contributed by atoms with van der Waals surface area (Å²) in [6, 6.07) is -0.638. The van der Waals surface area contributed by atoms with E-state index in [1.54, 1.807) is 4.90 Å². The summed E-state index contributed by atoms with van der Waals surface area (Å²) in [5.41, 5.74) is -0.343. The zero-order chi connectivity index (χ0) is 13.2. The third kappa shape index (κ3) is 2.36. The molecule has 0 aromatic heterocycles. The molecule has 1 amide bonds. The number of rotatable bonds is 3. The van der Waals surface area contributed by atoms with E-state index < -0.39 is 12.0 Å². The van der Waals surface area contributed by atoms with Gasteiger partial charge in [-0.05, 0) is 32.4 Å². The first-order valence-electron chi connectivity index (χ1n) is 6.43. The zero-order valence-corrected chi connectivity index (χ0v) is 11.5. The van der Waals surface area contributed by atoms with Crippen LogP contribution in [-0.2, 0) is 9.59 Å². The van der Waals surface area contributed by atoms with Gasteiger partial charge in [0.05, 0.1) is 11.3 Å². The number of piperidine rings is 1. The second-order valence-corrected chi connectivity index (χ2v) is 6.01. The fraction of sp³-hybridized carbons (Fsp3) is 0.833. The summed E-state index contributed by atoms with van der Waals surface area (Å²) >= 11 is 1.53. The molecule has 1 unspecified atom stereocenters. The third-order valence-corrected chi connectivity index (χ3v) is 5.13. The summed E-state index contributed by atoms with van der Waals surface area (Å²) in [6.07, 6.45) is 2.42. The van der Waals surface area contributed by atoms with E-state index in [0.717, 1.165) is 32.4 Å². The monoisotopic (exact) mass is 272 g/mol. The van der Waals surface area contributed by atoms with Crippen molar-refractivity contribution in [1.29, 1.82) is 0 Å². The number of carboxylic acid groups (broad SMARTS) is 1. The van der Waals surface area contributed by atoms with E-state index in [4.69, 9.17) is 5.11 Å². The molecule has 0 aliphatic carbocycles. The molecule has 1 atom stereocenters. The molecule has 0 aromatic carbocycles. The van der Waals surface area contributed by atoms with Crippen LogP contribution in [0.2, 0.25) is 0 Å². The molecule has 6 heteroatoms. The van der Waals surface area contributed by atoms with Crippen LogP contribution < -0.4 is 5.32 Å². The molecule has 5 nitrogen and oxygen atoms in total. The van der Waals surface area contributed by atoms with Crippen molar-refractivity contribution in [3.8, 4) is 0 Å². The predicted octanol–water partition coefficient (Wildman–Crippen LogP) is 0.752. The largest absolute Gasteiger partial charge is 0.480 e. The smallest absolute Gasteiger partial charge is 0.327 e. The minimum absolute atomic E-state index is 0.0453. The van der Waals surface area contributed by atoms with Gasteiger partial charge in [-0.2, -0.15) is 0 Å². The fourth-order valence-electron chi connectivity index (χ4n) is 2.78. The second kappa shape index (κ2) is 5.48. The lowest BCUT2D eigenvalue weighted by atomic mass is 9.75. The predicted molar refractivity (Wildman–Crippen MR) is 70.4 cm³/mol. The molecule has 2 fully saturated rings. The number of hydrogen-bond acceptors (Lipinski definition) is 4. The molecule has 2 rings (SSSR count). The first kappa shape index (κ1) is 13.7. The quantitative estimate of drug-likeness (QED) is 0.793. The Balaban J connectivity index is 2.15. The molecule has 18 heavy (non-hydrogen) atoms. The van der Waals surface area contributed by atoms with Crippen LogP contribution >= 0.6 is 11.8 Å². The van der Waals surface area contributed by atoms with Crippen LogP contribution in [0.15, 0.2) is 0 Å². The first-order valence-corrected chi connectivity index (χ1v) is 7.58. The average Bonchev–Trinajstić information content (AvgIpc) is 2.88. The van der Waals surface area contributed by atoms with Gasteiger partial charge in [0.1, 0.15) is 6.04 Å². The van der Waals surface area contributed by atoms with E-state index in [9.17, 15) is 9.59 Å². The number of hydrogen-bond donors (Lipinski definition) is 2. The number of carbonyl (C=O) groups excluding carboxylic acids is 1. The molecule has 0 bridgehead atoms. The highest BCUT2D eigenvalue weighted by Crippen LogP contribution is 2.37. The number of thioether (sulfide) groups is 1. The summed E-state index contributed by atoms with van der Waals surface area (Å²) in [6.45, 7) is 3.72. The van der Waals surface area contributed by atoms with Crippen molar-refractivity contribution in [2.45, 2.75) is 32.2 Å². The van der Waals surface area contributed by atoms with Gasteiger partial charge in [0.25, 0.3) is 0 Å². The van der Waals surface area contributed by atoms with Crippen molar-refractivity contribution in [3.63, 3.8) is 0 Å². The van der Waals surface area contributed by atoms with Gasteiger partial charge < -0.3 is 15.3 Å². The van der Waals surface area contributed by atoms with Crippen LogP contribution in [0.3, 0.4) is 0 Å². The Hall–Kier alpha value is -0.750. The Morgan fingerprint density at radius 1 is 1.44 bits per heavy atom. The number of amides is 1. The Morgan fingerprint density at radius 2 is 2.11 bits per heavy atom. The van der Waals surface area contributed by atoms with Gasteiger partial charge in [0, 0.05) is 5.75 Å². The summed E-state index contributed by atoms with van der Waals surface area (Å²) in [4.78, 5) is 25.4. The Morgan fingerprint density at radius 3 is 2.67 bits per heavy atom. The Kier molecular flexibility index (Phi) is 4.17. The van der Waals surface area contributed by atoms with Crippen LogP contribution in [0, 0.1) is 5.41 Å². The maximum Gasteiger partial charge on any atom is 0.327 e. The van der Waals surface area contributed by atoms with Gasteiger partial charge in [-0.1, -0.05) is 6.92 Å². The SMILES string of the molecule is CCC1(C(=O)N2CSCC2C(=O)O)CCNCC1. The van der Waals surface area contributed by atoms with Crippen LogP contribution in [0.5, 0.6) is 0 Å². The molecule has 2 heterocycles. The molecule has 0 saturated carbocycles. The van der Waals surface area contributed by atoms with Crippen LogP contribution in [0.25, 0.3) is 0 Å². The van der Waals surface area contributed by atoms with Crippen molar-refractivity contribution in [1.82, 2.24) is 10.2 Å². The number of carboxylic acids is 1. The van der Waals surface area contributed by atoms with Gasteiger partial charge >= 0.3 is 5.97 Å². The fourth-order valence-corrected chi connectivity index (χ4v) is 3.92. The molecule has 2 aliphatic rings. The lowest BCUT2D eigenvalue weighted by Gasteiger charge is -2.39. The van der Waals surface area contributed by atoms with Crippen LogP contribution in [0.4, 0.5) is 0 Å². The highest BCUT2D eigenvalue weighted by molar-refractivity contribution is 7.99. The average molecular weight is 272 g/mol. The Bertz CT molecular complexity index is 342. The minimum Gasteiger partial charge on any atom is -0.480 e. The number of nitrogens with zero attached hydrogens (tertiary/aromatic N) is 1. The van der Waals surface area contributed by atoms with Gasteiger partial charge in [0.15, 0.2) is 0 Å². The van der Waals surface area contributed by atoms with Crippen LogP contribution in [-0.4, -0.2) is 52.6 Å². The molecule has 0 spiro atoms. The van der Waals surface area contributed by atoms with E-state index in [1.165, 1.54) is 11.8 Å². The van der Waals surface area contributed by atoms with Gasteiger partial charge in [-0.15, -0.1) is 11.8 Å². The second-order valence-electron chi connectivity index (χ2n) is 5.01. The summed E-state index contributed by atoms with van der Waals surface area (Å²) in [5, 5.41) is 12.4. The van der Waals surface area contributed by atoms with E-state index in [0.29, 0.717) is 11.6 Å². The molecular formula is C12H20N2O3S. The standard InChI is InChI=1S/C12H20N2O3S/c1-2-12(3-5-13-6-4-12)11(17)14-8-18-7-9(14)10(15)16/h9,13H,2-8H2,1H3,(H,15,16). The number of nitrogens with one attached hydrogen (secondary N) is 1. The van der Waals surface area contributed by atoms with E-state index >= 15 is 0 Å². The van der Waals surface area contributed by atoms with Crippen molar-refractivity contribution < 1.29 is 14.7 Å². The molecule has 2 N–H and O–H groups in total. The minimum atomic E-state index is -0.881. The summed E-state index contributed by atoms with van der Waals surface area (Å²) < 4.78 is 0. The van der Waals surface area contributed by atoms with Gasteiger partial charge in [-0.25, -0.2) is 4.79 Å². The molecule has 2 aliphatic heterocycles. The maximum atomic E-state index is 12.7. The van der Waals surface area contributed by atoms with E-state index in [-0.39, 0.29) is 11.3 Å². The normalized spacial score (nSPS) is 27.2. The lowest BCUT2D eigenvalue weighted by molar-refractivity contribution is -0.153. The highest BCUT2D eigenvalue weighted by Gasteiger charge is 2.45.